The minimum absolute atomic E-state index is 0.108. The number of imide groups is 1. The predicted molar refractivity (Wildman–Crippen MR) is 109 cm³/mol. The summed E-state index contributed by atoms with van der Waals surface area (Å²) in [5.74, 6) is 0.567. The molecular formula is C23H19N3O3. The molecule has 0 N–H and O–H groups in total. The molecule has 144 valence electrons. The van der Waals surface area contributed by atoms with Gasteiger partial charge in [0.05, 0.1) is 24.6 Å². The predicted octanol–water partition coefficient (Wildman–Crippen LogP) is 3.76. The van der Waals surface area contributed by atoms with Crippen molar-refractivity contribution in [1.29, 1.82) is 0 Å². The summed E-state index contributed by atoms with van der Waals surface area (Å²) < 4.78 is 5.40. The normalized spacial score (nSPS) is 20.9. The highest BCUT2D eigenvalue weighted by Crippen LogP contribution is 2.38. The van der Waals surface area contributed by atoms with Crippen LogP contribution < -0.4 is 9.64 Å². The number of aromatic nitrogens is 2. The van der Waals surface area contributed by atoms with Crippen LogP contribution in [0.4, 0.5) is 5.69 Å². The van der Waals surface area contributed by atoms with Gasteiger partial charge in [0.1, 0.15) is 11.3 Å². The minimum atomic E-state index is -0.233. The summed E-state index contributed by atoms with van der Waals surface area (Å²) in [6, 6.07) is 12.9. The number of anilines is 1. The van der Waals surface area contributed by atoms with Crippen LogP contribution in [0, 0.1) is 11.8 Å². The zero-order valence-corrected chi connectivity index (χ0v) is 15.9. The van der Waals surface area contributed by atoms with E-state index in [0.717, 1.165) is 16.5 Å². The van der Waals surface area contributed by atoms with E-state index in [0.29, 0.717) is 30.1 Å². The standard InChI is InChI=1S/C23H19N3O3/c1-29-19-8-4-5-15-13-24-21(25-20(15)19)14-9-11-16(12-10-14)26-22(27)17-6-2-3-7-18(17)23(26)28/h2-5,8-13,17-18H,6-7H2,1H3. The van der Waals surface area contributed by atoms with Crippen LogP contribution in [0.3, 0.4) is 0 Å². The molecule has 1 saturated heterocycles. The number of benzene rings is 2. The summed E-state index contributed by atoms with van der Waals surface area (Å²) in [4.78, 5) is 35.9. The van der Waals surface area contributed by atoms with E-state index in [1.165, 1.54) is 4.90 Å². The van der Waals surface area contributed by atoms with Gasteiger partial charge >= 0.3 is 0 Å². The first kappa shape index (κ1) is 17.6. The maximum Gasteiger partial charge on any atom is 0.238 e. The van der Waals surface area contributed by atoms with Gasteiger partial charge in [-0.25, -0.2) is 9.97 Å². The van der Waals surface area contributed by atoms with Gasteiger partial charge in [0.2, 0.25) is 11.8 Å². The summed E-state index contributed by atoms with van der Waals surface area (Å²) in [6.07, 6.45) is 7.01. The number of rotatable bonds is 3. The molecule has 0 spiro atoms. The average molecular weight is 385 g/mol. The molecule has 1 aliphatic carbocycles. The van der Waals surface area contributed by atoms with E-state index in [1.54, 1.807) is 25.4 Å². The van der Waals surface area contributed by atoms with Gasteiger partial charge in [-0.15, -0.1) is 0 Å². The number of fused-ring (bicyclic) bond motifs is 2. The minimum Gasteiger partial charge on any atom is -0.494 e. The molecule has 2 heterocycles. The summed E-state index contributed by atoms with van der Waals surface area (Å²) >= 11 is 0. The van der Waals surface area contributed by atoms with E-state index < -0.39 is 0 Å². The van der Waals surface area contributed by atoms with Gasteiger partial charge in [0, 0.05) is 17.1 Å². The molecule has 6 nitrogen and oxygen atoms in total. The second-order valence-corrected chi connectivity index (χ2v) is 7.31. The van der Waals surface area contributed by atoms with E-state index in [1.807, 2.05) is 42.5 Å². The van der Waals surface area contributed by atoms with Crippen LogP contribution in [-0.4, -0.2) is 28.9 Å². The van der Waals surface area contributed by atoms with Gasteiger partial charge in [0.25, 0.3) is 0 Å². The number of carbonyl (C=O) groups excluding carboxylic acids is 2. The number of hydrogen-bond donors (Lipinski definition) is 0. The smallest absolute Gasteiger partial charge is 0.238 e. The molecular weight excluding hydrogens is 366 g/mol. The van der Waals surface area contributed by atoms with Gasteiger partial charge in [0.15, 0.2) is 5.82 Å². The van der Waals surface area contributed by atoms with Crippen molar-refractivity contribution >= 4 is 28.4 Å². The number of nitrogens with zero attached hydrogens (tertiary/aromatic N) is 3. The highest BCUT2D eigenvalue weighted by atomic mass is 16.5. The number of carbonyl (C=O) groups is 2. The lowest BCUT2D eigenvalue weighted by Gasteiger charge is -2.15. The first-order chi connectivity index (χ1) is 14.2. The second kappa shape index (κ2) is 6.81. The average Bonchev–Trinajstić information content (AvgIpc) is 3.03. The summed E-state index contributed by atoms with van der Waals surface area (Å²) in [7, 11) is 1.61. The zero-order chi connectivity index (χ0) is 20.0. The third kappa shape index (κ3) is 2.79. The third-order valence-corrected chi connectivity index (χ3v) is 5.69. The second-order valence-electron chi connectivity index (χ2n) is 7.31. The van der Waals surface area contributed by atoms with Crippen molar-refractivity contribution < 1.29 is 14.3 Å². The van der Waals surface area contributed by atoms with Crippen molar-refractivity contribution in [1.82, 2.24) is 9.97 Å². The fraction of sp³-hybridized carbons (Fsp3) is 0.217. The third-order valence-electron chi connectivity index (χ3n) is 5.69. The Morgan fingerprint density at radius 3 is 2.31 bits per heavy atom. The number of allylic oxidation sites excluding steroid dienone is 2. The van der Waals surface area contributed by atoms with Crippen molar-refractivity contribution in [2.24, 2.45) is 11.8 Å². The van der Waals surface area contributed by atoms with Crippen LogP contribution >= 0.6 is 0 Å². The van der Waals surface area contributed by atoms with Crippen molar-refractivity contribution in [2.75, 3.05) is 12.0 Å². The molecule has 2 unspecified atom stereocenters. The van der Waals surface area contributed by atoms with Crippen molar-refractivity contribution in [3.8, 4) is 17.1 Å². The lowest BCUT2D eigenvalue weighted by molar-refractivity contribution is -0.122. The van der Waals surface area contributed by atoms with Crippen molar-refractivity contribution in [2.45, 2.75) is 12.8 Å². The number of hydrogen-bond acceptors (Lipinski definition) is 5. The van der Waals surface area contributed by atoms with Crippen LogP contribution in [0.1, 0.15) is 12.8 Å². The van der Waals surface area contributed by atoms with Crippen molar-refractivity contribution in [3.05, 3.63) is 60.8 Å². The fourth-order valence-corrected chi connectivity index (χ4v) is 4.15. The Kier molecular flexibility index (Phi) is 4.12. The molecule has 2 aromatic carbocycles. The van der Waals surface area contributed by atoms with E-state index in [2.05, 4.69) is 9.97 Å². The molecule has 0 bridgehead atoms. The molecule has 2 aliphatic rings. The number of methoxy groups -OCH3 is 1. The Morgan fingerprint density at radius 2 is 1.66 bits per heavy atom. The van der Waals surface area contributed by atoms with E-state index >= 15 is 0 Å². The van der Waals surface area contributed by atoms with Crippen LogP contribution in [-0.2, 0) is 9.59 Å². The first-order valence-electron chi connectivity index (χ1n) is 9.60. The summed E-state index contributed by atoms with van der Waals surface area (Å²) in [5, 5.41) is 0.897. The van der Waals surface area contributed by atoms with Crippen LogP contribution in [0.5, 0.6) is 5.75 Å². The highest BCUT2D eigenvalue weighted by Gasteiger charge is 2.47. The monoisotopic (exact) mass is 385 g/mol. The quantitative estimate of drug-likeness (QED) is 0.507. The molecule has 29 heavy (non-hydrogen) atoms. The maximum absolute atomic E-state index is 12.8. The maximum atomic E-state index is 12.8. The van der Waals surface area contributed by atoms with Gasteiger partial charge in [-0.05, 0) is 43.2 Å². The number of ether oxygens (including phenoxy) is 1. The Hall–Kier alpha value is -3.54. The molecule has 3 aromatic rings. The highest BCUT2D eigenvalue weighted by molar-refractivity contribution is 6.22. The Balaban J connectivity index is 1.47. The van der Waals surface area contributed by atoms with Crippen LogP contribution in [0.2, 0.25) is 0 Å². The Labute approximate surface area is 167 Å². The molecule has 5 rings (SSSR count). The van der Waals surface area contributed by atoms with E-state index in [4.69, 9.17) is 4.74 Å². The van der Waals surface area contributed by atoms with Crippen LogP contribution in [0.25, 0.3) is 22.3 Å². The van der Waals surface area contributed by atoms with E-state index in [9.17, 15) is 9.59 Å². The Morgan fingerprint density at radius 1 is 0.966 bits per heavy atom. The van der Waals surface area contributed by atoms with E-state index in [-0.39, 0.29) is 23.7 Å². The molecule has 1 aromatic heterocycles. The molecule has 6 heteroatoms. The summed E-state index contributed by atoms with van der Waals surface area (Å²) in [5.41, 5.74) is 2.14. The van der Waals surface area contributed by atoms with Gasteiger partial charge in [-0.2, -0.15) is 0 Å². The fourth-order valence-electron chi connectivity index (χ4n) is 4.15. The lowest BCUT2D eigenvalue weighted by Crippen LogP contribution is -2.30. The van der Waals surface area contributed by atoms with Gasteiger partial charge in [-0.1, -0.05) is 24.3 Å². The molecule has 0 saturated carbocycles. The zero-order valence-electron chi connectivity index (χ0n) is 15.9. The molecule has 0 radical (unpaired) electrons. The Bertz CT molecular complexity index is 1130. The molecule has 1 fully saturated rings. The lowest BCUT2D eigenvalue weighted by atomic mass is 9.85. The first-order valence-corrected chi connectivity index (χ1v) is 9.60. The van der Waals surface area contributed by atoms with Crippen LogP contribution in [0.15, 0.2) is 60.8 Å². The SMILES string of the molecule is COc1cccc2cnc(-c3ccc(N4C(=O)C5CC=CCC5C4=O)cc3)nc12. The largest absolute Gasteiger partial charge is 0.494 e. The molecule has 2 atom stereocenters. The van der Waals surface area contributed by atoms with Crippen molar-refractivity contribution in [3.63, 3.8) is 0 Å². The van der Waals surface area contributed by atoms with Gasteiger partial charge in [-0.3, -0.25) is 14.5 Å². The molecule has 2 amide bonds. The summed E-state index contributed by atoms with van der Waals surface area (Å²) in [6.45, 7) is 0. The van der Waals surface area contributed by atoms with Gasteiger partial charge < -0.3 is 4.74 Å². The number of amides is 2. The number of para-hydroxylation sites is 1. The topological polar surface area (TPSA) is 72.4 Å². The molecule has 1 aliphatic heterocycles.